The Labute approximate surface area is 139 Å². The highest BCUT2D eigenvalue weighted by Gasteiger charge is 2.54. The first-order chi connectivity index (χ1) is 11.2. The predicted octanol–water partition coefficient (Wildman–Crippen LogP) is 3.05. The molecular formula is C20H28N2O. The Bertz CT molecular complexity index is 566. The number of carbonyl (C=O) groups is 1. The summed E-state index contributed by atoms with van der Waals surface area (Å²) in [6.07, 6.45) is 5.84. The number of benzene rings is 1. The van der Waals surface area contributed by atoms with Gasteiger partial charge in [0.15, 0.2) is 0 Å². The van der Waals surface area contributed by atoms with E-state index in [2.05, 4.69) is 41.0 Å². The Morgan fingerprint density at radius 1 is 1.13 bits per heavy atom. The average Bonchev–Trinajstić information content (AvgIpc) is 3.41. The van der Waals surface area contributed by atoms with Crippen molar-refractivity contribution >= 4 is 5.91 Å². The van der Waals surface area contributed by atoms with E-state index >= 15 is 0 Å². The minimum Gasteiger partial charge on any atom is -0.340 e. The molecule has 3 saturated heterocycles. The van der Waals surface area contributed by atoms with Crippen LogP contribution in [0.5, 0.6) is 0 Å². The minimum atomic E-state index is -0.194. The molecule has 3 heteroatoms. The maximum Gasteiger partial charge on any atom is 0.233 e. The van der Waals surface area contributed by atoms with E-state index in [1.807, 2.05) is 6.07 Å². The Kier molecular flexibility index (Phi) is 3.92. The van der Waals surface area contributed by atoms with Gasteiger partial charge in [-0.1, -0.05) is 37.3 Å². The first-order valence-corrected chi connectivity index (χ1v) is 9.32. The van der Waals surface area contributed by atoms with Gasteiger partial charge in [0.1, 0.15) is 0 Å². The van der Waals surface area contributed by atoms with Crippen molar-refractivity contribution in [1.82, 2.24) is 9.80 Å². The molecule has 3 aliphatic heterocycles. The summed E-state index contributed by atoms with van der Waals surface area (Å²) in [6, 6.07) is 11.0. The van der Waals surface area contributed by atoms with Crippen molar-refractivity contribution in [2.45, 2.75) is 50.5 Å². The number of nitrogens with zero attached hydrogens (tertiary/aromatic N) is 2. The molecule has 0 N–H and O–H groups in total. The third-order valence-corrected chi connectivity index (χ3v) is 6.11. The van der Waals surface area contributed by atoms with E-state index in [9.17, 15) is 4.79 Å². The molecule has 23 heavy (non-hydrogen) atoms. The number of fused-ring (bicyclic) bond motifs is 4. The normalized spacial score (nSPS) is 29.3. The lowest BCUT2D eigenvalue weighted by Crippen LogP contribution is -2.46. The SMILES string of the molecule is CCCN1C[C@H]2CC[C@@H]1CN(C(=O)C1(c3ccccc3)CC1)C2. The van der Waals surface area contributed by atoms with Crippen LogP contribution in [0.25, 0.3) is 0 Å². The molecule has 1 aromatic rings. The third-order valence-electron chi connectivity index (χ3n) is 6.11. The smallest absolute Gasteiger partial charge is 0.233 e. The molecule has 1 saturated carbocycles. The zero-order valence-electron chi connectivity index (χ0n) is 14.2. The highest BCUT2D eigenvalue weighted by Crippen LogP contribution is 2.50. The summed E-state index contributed by atoms with van der Waals surface area (Å²) >= 11 is 0. The van der Waals surface area contributed by atoms with Crippen LogP contribution in [-0.4, -0.2) is 47.9 Å². The Hall–Kier alpha value is -1.35. The van der Waals surface area contributed by atoms with Crippen LogP contribution in [0.1, 0.15) is 44.6 Å². The molecule has 3 heterocycles. The van der Waals surface area contributed by atoms with Gasteiger partial charge in [0.05, 0.1) is 5.41 Å². The molecule has 5 rings (SSSR count). The summed E-state index contributed by atoms with van der Waals surface area (Å²) in [5.41, 5.74) is 1.03. The summed E-state index contributed by atoms with van der Waals surface area (Å²) in [5.74, 6) is 1.08. The lowest BCUT2D eigenvalue weighted by molar-refractivity contribution is -0.134. The summed E-state index contributed by atoms with van der Waals surface area (Å²) < 4.78 is 0. The average molecular weight is 312 g/mol. The minimum absolute atomic E-state index is 0.194. The molecule has 1 amide bonds. The number of carbonyl (C=O) groups excluding carboxylic acids is 1. The summed E-state index contributed by atoms with van der Waals surface area (Å²) in [4.78, 5) is 18.2. The molecule has 0 unspecified atom stereocenters. The van der Waals surface area contributed by atoms with E-state index in [1.165, 1.54) is 37.9 Å². The van der Waals surface area contributed by atoms with Gasteiger partial charge in [0, 0.05) is 25.7 Å². The lowest BCUT2D eigenvalue weighted by atomic mass is 9.94. The van der Waals surface area contributed by atoms with Crippen molar-refractivity contribution in [3.8, 4) is 0 Å². The first kappa shape index (κ1) is 15.2. The topological polar surface area (TPSA) is 23.6 Å². The number of rotatable bonds is 4. The predicted molar refractivity (Wildman–Crippen MR) is 92.3 cm³/mol. The second-order valence-corrected chi connectivity index (χ2v) is 7.75. The van der Waals surface area contributed by atoms with Gasteiger partial charge in [-0.05, 0) is 50.1 Å². The van der Waals surface area contributed by atoms with Crippen molar-refractivity contribution in [2.75, 3.05) is 26.2 Å². The maximum absolute atomic E-state index is 13.3. The van der Waals surface area contributed by atoms with Gasteiger partial charge in [-0.15, -0.1) is 0 Å². The molecule has 124 valence electrons. The van der Waals surface area contributed by atoms with E-state index in [0.29, 0.717) is 17.9 Å². The van der Waals surface area contributed by atoms with Crippen LogP contribution < -0.4 is 0 Å². The fourth-order valence-corrected chi connectivity index (χ4v) is 4.72. The second-order valence-electron chi connectivity index (χ2n) is 7.75. The molecule has 2 atom stereocenters. The summed E-state index contributed by atoms with van der Waals surface area (Å²) in [6.45, 7) is 6.57. The van der Waals surface area contributed by atoms with Crippen LogP contribution in [0, 0.1) is 5.92 Å². The molecule has 4 aliphatic rings. The zero-order chi connectivity index (χ0) is 15.9. The Morgan fingerprint density at radius 3 is 2.61 bits per heavy atom. The zero-order valence-corrected chi connectivity index (χ0v) is 14.2. The van der Waals surface area contributed by atoms with E-state index in [4.69, 9.17) is 0 Å². The second kappa shape index (κ2) is 5.94. The van der Waals surface area contributed by atoms with Crippen LogP contribution in [0.15, 0.2) is 30.3 Å². The van der Waals surface area contributed by atoms with Gasteiger partial charge in [0.25, 0.3) is 0 Å². The fourth-order valence-electron chi connectivity index (χ4n) is 4.72. The number of hydrogen-bond acceptors (Lipinski definition) is 2. The quantitative estimate of drug-likeness (QED) is 0.853. The number of amides is 1. The standard InChI is InChI=1S/C20H28N2O/c1-2-12-21-13-16-8-9-18(21)15-22(14-16)19(23)20(10-11-20)17-6-4-3-5-7-17/h3-7,16,18H,2,8-15H2,1H3/t16-,18-/m1/s1. The molecule has 3 nitrogen and oxygen atoms in total. The molecule has 0 spiro atoms. The van der Waals surface area contributed by atoms with Crippen LogP contribution in [0.2, 0.25) is 0 Å². The van der Waals surface area contributed by atoms with Gasteiger partial charge in [0.2, 0.25) is 5.91 Å². The maximum atomic E-state index is 13.3. The third kappa shape index (κ3) is 2.69. The Morgan fingerprint density at radius 2 is 1.91 bits per heavy atom. The van der Waals surface area contributed by atoms with E-state index in [1.54, 1.807) is 0 Å². The van der Waals surface area contributed by atoms with Gasteiger partial charge in [-0.3, -0.25) is 9.69 Å². The van der Waals surface area contributed by atoms with Crippen LogP contribution in [0.4, 0.5) is 0 Å². The van der Waals surface area contributed by atoms with Crippen molar-refractivity contribution in [3.63, 3.8) is 0 Å². The van der Waals surface area contributed by atoms with Crippen LogP contribution in [-0.2, 0) is 10.2 Å². The molecule has 4 fully saturated rings. The van der Waals surface area contributed by atoms with Gasteiger partial charge < -0.3 is 4.90 Å². The van der Waals surface area contributed by atoms with Gasteiger partial charge >= 0.3 is 0 Å². The molecule has 0 aromatic heterocycles. The van der Waals surface area contributed by atoms with Crippen molar-refractivity contribution in [2.24, 2.45) is 5.92 Å². The monoisotopic (exact) mass is 312 g/mol. The van der Waals surface area contributed by atoms with Crippen LogP contribution >= 0.6 is 0 Å². The van der Waals surface area contributed by atoms with Gasteiger partial charge in [-0.2, -0.15) is 0 Å². The number of piperidine rings is 1. The van der Waals surface area contributed by atoms with E-state index in [0.717, 1.165) is 25.9 Å². The lowest BCUT2D eigenvalue weighted by Gasteiger charge is -2.35. The first-order valence-electron chi connectivity index (χ1n) is 9.32. The largest absolute Gasteiger partial charge is 0.340 e. The molecular weight excluding hydrogens is 284 g/mol. The summed E-state index contributed by atoms with van der Waals surface area (Å²) in [5, 5.41) is 0. The molecule has 0 radical (unpaired) electrons. The summed E-state index contributed by atoms with van der Waals surface area (Å²) in [7, 11) is 0. The van der Waals surface area contributed by atoms with Crippen molar-refractivity contribution < 1.29 is 4.79 Å². The van der Waals surface area contributed by atoms with Gasteiger partial charge in [-0.25, -0.2) is 0 Å². The van der Waals surface area contributed by atoms with E-state index < -0.39 is 0 Å². The molecule has 2 bridgehead atoms. The number of hydrogen-bond donors (Lipinski definition) is 0. The van der Waals surface area contributed by atoms with Crippen LogP contribution in [0.3, 0.4) is 0 Å². The Balaban J connectivity index is 1.54. The fraction of sp³-hybridized carbons (Fsp3) is 0.650. The molecule has 1 aliphatic carbocycles. The highest BCUT2D eigenvalue weighted by atomic mass is 16.2. The van der Waals surface area contributed by atoms with Crippen molar-refractivity contribution in [3.05, 3.63) is 35.9 Å². The highest BCUT2D eigenvalue weighted by molar-refractivity contribution is 5.91. The van der Waals surface area contributed by atoms with Crippen molar-refractivity contribution in [1.29, 1.82) is 0 Å². The molecule has 1 aromatic carbocycles. The van der Waals surface area contributed by atoms with E-state index in [-0.39, 0.29) is 5.41 Å².